The SMILES string of the molecule is O=CN(CC(=O)NC1CC1)Cc1ccc(-c2ccc(F)c(CN3CCOCC3)c2)cc1. The molecule has 31 heavy (non-hydrogen) atoms. The van der Waals surface area contributed by atoms with E-state index in [9.17, 15) is 14.0 Å². The first-order valence-corrected chi connectivity index (χ1v) is 10.8. The third kappa shape index (κ3) is 6.12. The van der Waals surface area contributed by atoms with E-state index in [-0.39, 0.29) is 24.3 Å². The monoisotopic (exact) mass is 425 g/mol. The van der Waals surface area contributed by atoms with Crippen LogP contribution in [0.1, 0.15) is 24.0 Å². The molecule has 6 nitrogen and oxygen atoms in total. The largest absolute Gasteiger partial charge is 0.379 e. The van der Waals surface area contributed by atoms with E-state index in [2.05, 4.69) is 10.2 Å². The summed E-state index contributed by atoms with van der Waals surface area (Å²) >= 11 is 0. The lowest BCUT2D eigenvalue weighted by Gasteiger charge is -2.26. The Hall–Kier alpha value is -2.77. The van der Waals surface area contributed by atoms with Gasteiger partial charge >= 0.3 is 0 Å². The highest BCUT2D eigenvalue weighted by atomic mass is 19.1. The van der Waals surface area contributed by atoms with E-state index in [1.807, 2.05) is 30.3 Å². The molecule has 4 rings (SSSR count). The average Bonchev–Trinajstić information content (AvgIpc) is 3.60. The van der Waals surface area contributed by atoms with Gasteiger partial charge in [-0.1, -0.05) is 30.3 Å². The van der Waals surface area contributed by atoms with Crippen molar-refractivity contribution in [1.82, 2.24) is 15.1 Å². The first-order chi connectivity index (χ1) is 15.1. The van der Waals surface area contributed by atoms with E-state index in [0.29, 0.717) is 38.3 Å². The molecule has 7 heteroatoms. The van der Waals surface area contributed by atoms with Gasteiger partial charge in [0.05, 0.1) is 19.8 Å². The lowest BCUT2D eigenvalue weighted by Crippen LogP contribution is -2.37. The summed E-state index contributed by atoms with van der Waals surface area (Å²) in [5.74, 6) is -0.316. The highest BCUT2D eigenvalue weighted by Crippen LogP contribution is 2.24. The Morgan fingerprint density at radius 3 is 2.52 bits per heavy atom. The van der Waals surface area contributed by atoms with Gasteiger partial charge in [-0.2, -0.15) is 0 Å². The van der Waals surface area contributed by atoms with Crippen molar-refractivity contribution in [3.63, 3.8) is 0 Å². The van der Waals surface area contributed by atoms with Crippen LogP contribution in [0, 0.1) is 5.82 Å². The number of amides is 2. The third-order valence-electron chi connectivity index (χ3n) is 5.65. The predicted molar refractivity (Wildman–Crippen MR) is 116 cm³/mol. The summed E-state index contributed by atoms with van der Waals surface area (Å²) in [6.07, 6.45) is 2.75. The van der Waals surface area contributed by atoms with Crippen LogP contribution >= 0.6 is 0 Å². The van der Waals surface area contributed by atoms with Gasteiger partial charge in [-0.05, 0) is 41.7 Å². The number of hydrogen-bond donors (Lipinski definition) is 1. The van der Waals surface area contributed by atoms with Gasteiger partial charge < -0.3 is 15.0 Å². The number of rotatable bonds is 9. The summed E-state index contributed by atoms with van der Waals surface area (Å²) in [5, 5.41) is 2.89. The molecule has 1 heterocycles. The van der Waals surface area contributed by atoms with Gasteiger partial charge in [-0.3, -0.25) is 14.5 Å². The number of hydrogen-bond acceptors (Lipinski definition) is 4. The van der Waals surface area contributed by atoms with Crippen molar-refractivity contribution >= 4 is 12.3 Å². The summed E-state index contributed by atoms with van der Waals surface area (Å²) < 4.78 is 19.7. The summed E-state index contributed by atoms with van der Waals surface area (Å²) in [6.45, 7) is 3.98. The molecule has 1 aliphatic heterocycles. The van der Waals surface area contributed by atoms with Gasteiger partial charge in [0.2, 0.25) is 12.3 Å². The highest BCUT2D eigenvalue weighted by molar-refractivity contribution is 5.80. The number of carbonyl (C=O) groups is 2. The summed E-state index contributed by atoms with van der Waals surface area (Å²) in [4.78, 5) is 27.0. The second kappa shape index (κ2) is 10.0. The Balaban J connectivity index is 1.39. The van der Waals surface area contributed by atoms with Crippen LogP contribution in [-0.2, 0) is 27.4 Å². The Kier molecular flexibility index (Phi) is 6.94. The van der Waals surface area contributed by atoms with Crippen LogP contribution in [-0.4, -0.2) is 61.0 Å². The average molecular weight is 426 g/mol. The van der Waals surface area contributed by atoms with Crippen LogP contribution in [0.2, 0.25) is 0 Å². The van der Waals surface area contributed by atoms with E-state index in [4.69, 9.17) is 4.74 Å². The van der Waals surface area contributed by atoms with Gasteiger partial charge in [0.15, 0.2) is 0 Å². The zero-order chi connectivity index (χ0) is 21.6. The Labute approximate surface area is 182 Å². The minimum absolute atomic E-state index is 0.0601. The van der Waals surface area contributed by atoms with E-state index >= 15 is 0 Å². The maximum absolute atomic E-state index is 14.3. The first-order valence-electron chi connectivity index (χ1n) is 10.8. The molecule has 2 amide bonds. The minimum Gasteiger partial charge on any atom is -0.379 e. The van der Waals surface area contributed by atoms with E-state index < -0.39 is 0 Å². The quantitative estimate of drug-likeness (QED) is 0.628. The molecule has 0 bridgehead atoms. The smallest absolute Gasteiger partial charge is 0.239 e. The van der Waals surface area contributed by atoms with E-state index in [1.54, 1.807) is 6.07 Å². The van der Waals surface area contributed by atoms with Gasteiger partial charge in [0.25, 0.3) is 0 Å². The molecule has 0 radical (unpaired) electrons. The highest BCUT2D eigenvalue weighted by Gasteiger charge is 2.23. The second-order valence-corrected chi connectivity index (χ2v) is 8.24. The molecular formula is C24H28FN3O3. The number of halogens is 1. The predicted octanol–water partition coefficient (Wildman–Crippen LogP) is 2.56. The lowest BCUT2D eigenvalue weighted by atomic mass is 10.0. The summed E-state index contributed by atoms with van der Waals surface area (Å²) in [6, 6.07) is 13.3. The molecule has 0 atom stereocenters. The number of morpholine rings is 1. The number of ether oxygens (including phenoxy) is 1. The fourth-order valence-electron chi connectivity index (χ4n) is 3.73. The standard InChI is InChI=1S/C24H28FN3O3/c25-23-8-5-20(13-21(23)15-27-9-11-31-12-10-27)19-3-1-18(2-4-19)14-28(17-29)16-24(30)26-22-6-7-22/h1-5,8,13,17,22H,6-7,9-12,14-16H2,(H,26,30). The molecule has 2 aliphatic rings. The van der Waals surface area contributed by atoms with Crippen molar-refractivity contribution < 1.29 is 18.7 Å². The zero-order valence-corrected chi connectivity index (χ0v) is 17.6. The van der Waals surface area contributed by atoms with Gasteiger partial charge in [0, 0.05) is 37.8 Å². The lowest BCUT2D eigenvalue weighted by molar-refractivity contribution is -0.128. The molecule has 0 aromatic heterocycles. The van der Waals surface area contributed by atoms with Gasteiger partial charge in [-0.25, -0.2) is 4.39 Å². The maximum atomic E-state index is 14.3. The van der Waals surface area contributed by atoms with Crippen molar-refractivity contribution in [2.45, 2.75) is 32.0 Å². The van der Waals surface area contributed by atoms with Crippen LogP contribution < -0.4 is 5.32 Å². The molecule has 1 aliphatic carbocycles. The molecule has 164 valence electrons. The second-order valence-electron chi connectivity index (χ2n) is 8.24. The van der Waals surface area contributed by atoms with Crippen LogP contribution in [0.25, 0.3) is 11.1 Å². The molecular weight excluding hydrogens is 397 g/mol. The van der Waals surface area contributed by atoms with E-state index in [0.717, 1.165) is 42.6 Å². The molecule has 2 aromatic rings. The molecule has 2 aromatic carbocycles. The Morgan fingerprint density at radius 2 is 1.84 bits per heavy atom. The number of benzene rings is 2. The minimum atomic E-state index is -0.196. The van der Waals surface area contributed by atoms with Crippen molar-refractivity contribution in [1.29, 1.82) is 0 Å². The fourth-order valence-corrected chi connectivity index (χ4v) is 3.73. The normalized spacial score (nSPS) is 16.7. The molecule has 1 N–H and O–H groups in total. The number of nitrogens with one attached hydrogen (secondary N) is 1. The Bertz CT molecular complexity index is 909. The number of carbonyl (C=O) groups excluding carboxylic acids is 2. The fraction of sp³-hybridized carbons (Fsp3) is 0.417. The molecule has 1 saturated heterocycles. The zero-order valence-electron chi connectivity index (χ0n) is 17.6. The summed E-state index contributed by atoms with van der Waals surface area (Å²) in [7, 11) is 0. The van der Waals surface area contributed by atoms with Crippen molar-refractivity contribution in [3.05, 3.63) is 59.4 Å². The molecule has 1 saturated carbocycles. The van der Waals surface area contributed by atoms with Crippen molar-refractivity contribution in [2.24, 2.45) is 0 Å². The van der Waals surface area contributed by atoms with Gasteiger partial charge in [0.1, 0.15) is 5.82 Å². The van der Waals surface area contributed by atoms with Crippen LogP contribution in [0.4, 0.5) is 4.39 Å². The Morgan fingerprint density at radius 1 is 1.13 bits per heavy atom. The molecule has 2 fully saturated rings. The van der Waals surface area contributed by atoms with Crippen LogP contribution in [0.5, 0.6) is 0 Å². The van der Waals surface area contributed by atoms with Crippen molar-refractivity contribution in [2.75, 3.05) is 32.8 Å². The van der Waals surface area contributed by atoms with Crippen LogP contribution in [0.3, 0.4) is 0 Å². The summed E-state index contributed by atoms with van der Waals surface area (Å²) in [5.41, 5.74) is 3.55. The number of nitrogens with zero attached hydrogens (tertiary/aromatic N) is 2. The molecule has 0 unspecified atom stereocenters. The third-order valence-corrected chi connectivity index (χ3v) is 5.65. The maximum Gasteiger partial charge on any atom is 0.239 e. The van der Waals surface area contributed by atoms with Gasteiger partial charge in [-0.15, -0.1) is 0 Å². The van der Waals surface area contributed by atoms with E-state index in [1.165, 1.54) is 11.0 Å². The molecule has 0 spiro atoms. The first kappa shape index (κ1) is 21.5. The van der Waals surface area contributed by atoms with Crippen molar-refractivity contribution in [3.8, 4) is 11.1 Å². The van der Waals surface area contributed by atoms with Crippen LogP contribution in [0.15, 0.2) is 42.5 Å². The topological polar surface area (TPSA) is 61.9 Å².